The molecule has 1 aromatic heterocycles. The number of hydrogen-bond acceptors (Lipinski definition) is 8. The van der Waals surface area contributed by atoms with Gasteiger partial charge < -0.3 is 20.3 Å². The van der Waals surface area contributed by atoms with Crippen LogP contribution in [0.3, 0.4) is 0 Å². The SMILES string of the molecule is Cc1cccc(C)c1-c1cc2nc(n1)NS(=O)(=O)c1cccc(c1)NC(=O)[C@@H]1CNCCN1c1cccc(c1)O2. The van der Waals surface area contributed by atoms with Crippen LogP contribution >= 0.6 is 0 Å². The van der Waals surface area contributed by atoms with Gasteiger partial charge in [0.25, 0.3) is 10.0 Å². The minimum Gasteiger partial charge on any atom is -0.439 e. The number of ether oxygens (including phenoxy) is 1. The normalized spacial score (nSPS) is 18.1. The van der Waals surface area contributed by atoms with Crippen molar-refractivity contribution in [1.82, 2.24) is 15.3 Å². The van der Waals surface area contributed by atoms with Gasteiger partial charge in [0.2, 0.25) is 17.7 Å². The molecule has 3 aromatic carbocycles. The van der Waals surface area contributed by atoms with E-state index in [0.717, 1.165) is 22.4 Å². The summed E-state index contributed by atoms with van der Waals surface area (Å²) in [6, 6.07) is 20.6. The molecule has 11 heteroatoms. The minimum absolute atomic E-state index is 0.0372. The number of carbonyl (C=O) groups excluding carboxylic acids is 1. The van der Waals surface area contributed by atoms with Crippen LogP contribution in [0.25, 0.3) is 11.3 Å². The number of anilines is 3. The second-order valence-corrected chi connectivity index (χ2v) is 11.5. The lowest BCUT2D eigenvalue weighted by Gasteiger charge is -2.37. The zero-order chi connectivity index (χ0) is 27.9. The van der Waals surface area contributed by atoms with Crippen LogP contribution in [-0.2, 0) is 14.8 Å². The van der Waals surface area contributed by atoms with Crippen LogP contribution in [0.4, 0.5) is 17.3 Å². The van der Waals surface area contributed by atoms with Crippen molar-refractivity contribution in [3.8, 4) is 22.9 Å². The van der Waals surface area contributed by atoms with Crippen LogP contribution in [0.15, 0.2) is 77.7 Å². The summed E-state index contributed by atoms with van der Waals surface area (Å²) in [5.41, 5.74) is 4.55. The fourth-order valence-corrected chi connectivity index (χ4v) is 6.10. The molecule has 204 valence electrons. The van der Waals surface area contributed by atoms with E-state index in [0.29, 0.717) is 36.8 Å². The largest absolute Gasteiger partial charge is 0.439 e. The molecule has 10 nitrogen and oxygen atoms in total. The smallest absolute Gasteiger partial charge is 0.264 e. The predicted molar refractivity (Wildman–Crippen MR) is 153 cm³/mol. The highest BCUT2D eigenvalue weighted by Crippen LogP contribution is 2.33. The summed E-state index contributed by atoms with van der Waals surface area (Å²) in [4.78, 5) is 24.3. The molecule has 3 N–H and O–H groups in total. The van der Waals surface area contributed by atoms with Crippen LogP contribution in [0, 0.1) is 13.8 Å². The molecule has 1 saturated heterocycles. The van der Waals surface area contributed by atoms with E-state index in [2.05, 4.69) is 25.3 Å². The molecule has 2 aliphatic rings. The zero-order valence-electron chi connectivity index (χ0n) is 22.0. The first-order chi connectivity index (χ1) is 19.3. The fraction of sp³-hybridized carbons (Fsp3) is 0.207. The predicted octanol–water partition coefficient (Wildman–Crippen LogP) is 4.08. The molecule has 6 rings (SSSR count). The number of nitrogens with one attached hydrogen (secondary N) is 3. The monoisotopic (exact) mass is 556 g/mol. The third kappa shape index (κ3) is 5.08. The zero-order valence-corrected chi connectivity index (χ0v) is 22.8. The summed E-state index contributed by atoms with van der Waals surface area (Å²) in [5.74, 6) is 0.292. The Hall–Kier alpha value is -4.48. The number of piperazine rings is 1. The Morgan fingerprint density at radius 2 is 1.73 bits per heavy atom. The second kappa shape index (κ2) is 10.2. The lowest BCUT2D eigenvalue weighted by atomic mass is 10.00. The summed E-state index contributed by atoms with van der Waals surface area (Å²) < 4.78 is 35.6. The number of aromatic nitrogens is 2. The quantitative estimate of drug-likeness (QED) is 0.320. The Morgan fingerprint density at radius 3 is 2.55 bits per heavy atom. The van der Waals surface area contributed by atoms with Crippen molar-refractivity contribution in [2.45, 2.75) is 24.8 Å². The van der Waals surface area contributed by atoms with Gasteiger partial charge in [-0.1, -0.05) is 30.3 Å². The van der Waals surface area contributed by atoms with Gasteiger partial charge in [-0.15, -0.1) is 0 Å². The summed E-state index contributed by atoms with van der Waals surface area (Å²) in [6.07, 6.45) is 0. The lowest BCUT2D eigenvalue weighted by Crippen LogP contribution is -2.56. The average molecular weight is 557 g/mol. The molecule has 1 amide bonds. The van der Waals surface area contributed by atoms with Crippen molar-refractivity contribution in [1.29, 1.82) is 0 Å². The van der Waals surface area contributed by atoms with Gasteiger partial charge in [0, 0.05) is 48.7 Å². The maximum absolute atomic E-state index is 13.4. The first-order valence-corrected chi connectivity index (χ1v) is 14.4. The molecule has 3 heterocycles. The van der Waals surface area contributed by atoms with Gasteiger partial charge in [0.1, 0.15) is 11.8 Å². The van der Waals surface area contributed by atoms with Gasteiger partial charge in [0.05, 0.1) is 10.6 Å². The standard InChI is InChI=1S/C29H28N6O4S/c1-18-6-3-7-19(2)27(18)24-16-26-33-29(32-24)34-40(37,38)23-11-4-8-20(14-23)31-28(36)25-17-30-12-13-35(25)21-9-5-10-22(15-21)39-26/h3-11,14-16,25,30H,12-13,17H2,1-2H3,(H,31,36)(H,32,33,34)/t25-/m0/s1. The van der Waals surface area contributed by atoms with Crippen LogP contribution in [-0.4, -0.2) is 50.0 Å². The lowest BCUT2D eigenvalue weighted by molar-refractivity contribution is -0.117. The van der Waals surface area contributed by atoms with Gasteiger partial charge in [-0.25, -0.2) is 18.1 Å². The number of rotatable bonds is 1. The van der Waals surface area contributed by atoms with Crippen molar-refractivity contribution in [3.63, 3.8) is 0 Å². The average Bonchev–Trinajstić information content (AvgIpc) is 2.92. The van der Waals surface area contributed by atoms with E-state index in [-0.39, 0.29) is 22.6 Å². The molecule has 0 saturated carbocycles. The van der Waals surface area contributed by atoms with E-state index in [1.54, 1.807) is 24.3 Å². The van der Waals surface area contributed by atoms with Gasteiger partial charge in [-0.2, -0.15) is 4.98 Å². The third-order valence-electron chi connectivity index (χ3n) is 7.00. The first kappa shape index (κ1) is 25.8. The maximum atomic E-state index is 13.4. The molecule has 6 bridgehead atoms. The van der Waals surface area contributed by atoms with Crippen molar-refractivity contribution >= 4 is 33.3 Å². The van der Waals surface area contributed by atoms with E-state index < -0.39 is 16.1 Å². The number of aryl methyl sites for hydroxylation is 2. The first-order valence-electron chi connectivity index (χ1n) is 12.9. The Bertz CT molecular complexity index is 1710. The summed E-state index contributed by atoms with van der Waals surface area (Å²) in [5, 5.41) is 6.16. The van der Waals surface area contributed by atoms with Crippen LogP contribution in [0.1, 0.15) is 11.1 Å². The van der Waals surface area contributed by atoms with E-state index in [4.69, 9.17) is 4.74 Å². The number of sulfonamides is 1. The number of amides is 1. The Balaban J connectivity index is 1.53. The Kier molecular flexibility index (Phi) is 6.60. The molecule has 2 aliphatic heterocycles. The van der Waals surface area contributed by atoms with Crippen LogP contribution in [0.5, 0.6) is 11.6 Å². The molecule has 0 radical (unpaired) electrons. The van der Waals surface area contributed by atoms with Crippen molar-refractivity contribution in [3.05, 3.63) is 83.9 Å². The summed E-state index contributed by atoms with van der Waals surface area (Å²) >= 11 is 0. The highest BCUT2D eigenvalue weighted by Gasteiger charge is 2.30. The topological polar surface area (TPSA) is 126 Å². The van der Waals surface area contributed by atoms with Crippen molar-refractivity contribution < 1.29 is 17.9 Å². The molecule has 1 atom stereocenters. The molecule has 1 fully saturated rings. The molecule has 0 spiro atoms. The van der Waals surface area contributed by atoms with Crippen molar-refractivity contribution in [2.24, 2.45) is 0 Å². The number of carbonyl (C=O) groups is 1. The summed E-state index contributed by atoms with van der Waals surface area (Å²) in [7, 11) is -4.10. The van der Waals surface area contributed by atoms with Crippen LogP contribution < -0.4 is 25.0 Å². The van der Waals surface area contributed by atoms with E-state index in [1.165, 1.54) is 12.1 Å². The van der Waals surface area contributed by atoms with Gasteiger partial charge >= 0.3 is 0 Å². The summed E-state index contributed by atoms with van der Waals surface area (Å²) in [6.45, 7) is 5.70. The fourth-order valence-electron chi connectivity index (χ4n) is 5.11. The third-order valence-corrected chi connectivity index (χ3v) is 8.32. The maximum Gasteiger partial charge on any atom is 0.264 e. The molecule has 0 unspecified atom stereocenters. The van der Waals surface area contributed by atoms with Gasteiger partial charge in [0.15, 0.2) is 0 Å². The highest BCUT2D eigenvalue weighted by molar-refractivity contribution is 7.92. The number of fused-ring (bicyclic) bond motifs is 8. The Morgan fingerprint density at radius 1 is 0.950 bits per heavy atom. The van der Waals surface area contributed by atoms with Gasteiger partial charge in [-0.3, -0.25) is 4.79 Å². The molecule has 40 heavy (non-hydrogen) atoms. The Labute approximate surface area is 232 Å². The minimum atomic E-state index is -4.10. The van der Waals surface area contributed by atoms with Crippen LogP contribution in [0.2, 0.25) is 0 Å². The van der Waals surface area contributed by atoms with E-state index in [1.807, 2.05) is 55.1 Å². The number of nitrogens with zero attached hydrogens (tertiary/aromatic N) is 3. The van der Waals surface area contributed by atoms with E-state index in [9.17, 15) is 13.2 Å². The molecule has 0 aliphatic carbocycles. The molecular weight excluding hydrogens is 528 g/mol. The highest BCUT2D eigenvalue weighted by atomic mass is 32.2. The molecule has 4 aromatic rings. The second-order valence-electron chi connectivity index (χ2n) is 9.82. The number of hydrogen-bond donors (Lipinski definition) is 3. The number of benzene rings is 3. The molecular formula is C29H28N6O4S. The van der Waals surface area contributed by atoms with Gasteiger partial charge in [-0.05, 0) is 55.3 Å². The van der Waals surface area contributed by atoms with Crippen molar-refractivity contribution in [2.75, 3.05) is 34.6 Å². The van der Waals surface area contributed by atoms with E-state index >= 15 is 0 Å².